The summed E-state index contributed by atoms with van der Waals surface area (Å²) in [5, 5.41) is 0.634. The van der Waals surface area contributed by atoms with Crippen LogP contribution in [0.5, 0.6) is 0 Å². The molecular weight excluding hydrogens is 378 g/mol. The second-order valence-electron chi connectivity index (χ2n) is 7.97. The van der Waals surface area contributed by atoms with Crippen LogP contribution in [0.2, 0.25) is 5.02 Å². The normalized spacial score (nSPS) is 24.1. The van der Waals surface area contributed by atoms with Crippen LogP contribution in [-0.4, -0.2) is 58.4 Å². The predicted octanol–water partition coefficient (Wildman–Crippen LogP) is 3.25. The van der Waals surface area contributed by atoms with E-state index in [-0.39, 0.29) is 17.9 Å². The highest BCUT2D eigenvalue weighted by Crippen LogP contribution is 2.38. The van der Waals surface area contributed by atoms with Gasteiger partial charge in [-0.2, -0.15) is 0 Å². The fourth-order valence-corrected chi connectivity index (χ4v) is 4.17. The first-order chi connectivity index (χ1) is 13.2. The van der Waals surface area contributed by atoms with Gasteiger partial charge in [-0.1, -0.05) is 31.5 Å². The zero-order chi connectivity index (χ0) is 20.3. The third-order valence-electron chi connectivity index (χ3n) is 5.35. The first-order valence-corrected chi connectivity index (χ1v) is 9.77. The SMILES string of the molecule is CC1=CN2C(=NC3C2C(=O)N(CC(C)C)C(=O)N3C)N1c1cc(Cl)ccc1C. The zero-order valence-corrected chi connectivity index (χ0v) is 17.4. The van der Waals surface area contributed by atoms with E-state index in [1.54, 1.807) is 11.9 Å². The van der Waals surface area contributed by atoms with Crippen LogP contribution < -0.4 is 4.90 Å². The molecule has 0 N–H and O–H groups in total. The number of benzene rings is 1. The largest absolute Gasteiger partial charge is 0.328 e. The highest BCUT2D eigenvalue weighted by atomic mass is 35.5. The lowest BCUT2D eigenvalue weighted by atomic mass is 10.1. The molecule has 0 bridgehead atoms. The molecule has 2 unspecified atom stereocenters. The van der Waals surface area contributed by atoms with Gasteiger partial charge in [0.2, 0.25) is 5.96 Å². The number of hydrogen-bond donors (Lipinski definition) is 0. The van der Waals surface area contributed by atoms with Crippen LogP contribution in [0.1, 0.15) is 26.3 Å². The number of nitrogens with zero attached hydrogens (tertiary/aromatic N) is 5. The van der Waals surface area contributed by atoms with Crippen LogP contribution in [-0.2, 0) is 4.79 Å². The summed E-state index contributed by atoms with van der Waals surface area (Å²) in [6, 6.07) is 4.86. The minimum absolute atomic E-state index is 0.195. The standard InChI is InChI=1S/C20H24ClN5O2/c1-11(2)9-25-18(27)16-17(23(5)20(25)28)22-19-24(16)10-13(4)26(19)15-8-14(21)7-6-12(15)3/h6-8,10-11,16-17H,9H2,1-5H3. The van der Waals surface area contributed by atoms with E-state index in [0.717, 1.165) is 16.9 Å². The van der Waals surface area contributed by atoms with Crippen molar-refractivity contribution in [1.82, 2.24) is 14.7 Å². The predicted molar refractivity (Wildman–Crippen MR) is 109 cm³/mol. The number of amides is 3. The summed E-state index contributed by atoms with van der Waals surface area (Å²) in [4.78, 5) is 37.5. The molecule has 7 nitrogen and oxygen atoms in total. The lowest BCUT2D eigenvalue weighted by molar-refractivity contribution is -0.137. The molecule has 0 saturated carbocycles. The first-order valence-electron chi connectivity index (χ1n) is 9.39. The Hall–Kier alpha value is -2.54. The maximum atomic E-state index is 13.2. The van der Waals surface area contributed by atoms with E-state index in [0.29, 0.717) is 17.5 Å². The van der Waals surface area contributed by atoms with E-state index >= 15 is 0 Å². The number of likely N-dealkylation sites (N-methyl/N-ethyl adjacent to an activating group) is 1. The molecular formula is C20H24ClN5O2. The lowest BCUT2D eigenvalue weighted by Crippen LogP contribution is -2.64. The number of aliphatic imine (C=N–C) groups is 1. The smallest absolute Gasteiger partial charge is 0.302 e. The molecule has 3 heterocycles. The van der Waals surface area contributed by atoms with Gasteiger partial charge in [0.05, 0.1) is 5.69 Å². The van der Waals surface area contributed by atoms with Gasteiger partial charge in [-0.3, -0.25) is 14.6 Å². The number of carbonyl (C=O) groups excluding carboxylic acids is 2. The molecule has 0 aliphatic carbocycles. The molecule has 8 heteroatoms. The second-order valence-corrected chi connectivity index (χ2v) is 8.40. The molecule has 0 aromatic heterocycles. The molecule has 1 aromatic carbocycles. The van der Waals surface area contributed by atoms with E-state index in [1.165, 1.54) is 4.90 Å². The molecule has 3 amide bonds. The summed E-state index contributed by atoms with van der Waals surface area (Å²) >= 11 is 6.23. The van der Waals surface area contributed by atoms with Gasteiger partial charge in [-0.15, -0.1) is 0 Å². The molecule has 3 aliphatic heterocycles. The average molecular weight is 402 g/mol. The Morgan fingerprint density at radius 1 is 1.21 bits per heavy atom. The molecule has 3 aliphatic rings. The summed E-state index contributed by atoms with van der Waals surface area (Å²) in [5.74, 6) is 0.646. The molecule has 148 valence electrons. The fraction of sp³-hybridized carbons (Fsp3) is 0.450. The monoisotopic (exact) mass is 401 g/mol. The minimum Gasteiger partial charge on any atom is -0.302 e. The number of aryl methyl sites for hydroxylation is 1. The van der Waals surface area contributed by atoms with Crippen LogP contribution in [0, 0.1) is 12.8 Å². The molecule has 0 radical (unpaired) electrons. The zero-order valence-electron chi connectivity index (χ0n) is 16.7. The average Bonchev–Trinajstić information content (AvgIpc) is 3.13. The summed E-state index contributed by atoms with van der Waals surface area (Å²) in [6.07, 6.45) is 1.39. The number of carbonyl (C=O) groups is 2. The van der Waals surface area contributed by atoms with Crippen molar-refractivity contribution >= 4 is 35.2 Å². The molecule has 4 rings (SSSR count). The van der Waals surface area contributed by atoms with Crippen LogP contribution >= 0.6 is 11.6 Å². The van der Waals surface area contributed by atoms with Gasteiger partial charge < -0.3 is 9.80 Å². The van der Waals surface area contributed by atoms with Crippen molar-refractivity contribution in [1.29, 1.82) is 0 Å². The number of halogens is 1. The second kappa shape index (κ2) is 6.51. The first kappa shape index (κ1) is 18.8. The maximum absolute atomic E-state index is 13.2. The van der Waals surface area contributed by atoms with Gasteiger partial charge in [0.25, 0.3) is 5.91 Å². The molecule has 2 atom stereocenters. The number of fused-ring (bicyclic) bond motifs is 3. The van der Waals surface area contributed by atoms with E-state index in [4.69, 9.17) is 16.6 Å². The molecule has 28 heavy (non-hydrogen) atoms. The number of hydrogen-bond acceptors (Lipinski definition) is 5. The van der Waals surface area contributed by atoms with Crippen molar-refractivity contribution in [3.63, 3.8) is 0 Å². The fourth-order valence-electron chi connectivity index (χ4n) is 4.01. The van der Waals surface area contributed by atoms with E-state index < -0.39 is 12.2 Å². The van der Waals surface area contributed by atoms with E-state index in [9.17, 15) is 9.59 Å². The van der Waals surface area contributed by atoms with Gasteiger partial charge in [0.1, 0.15) is 0 Å². The molecule has 1 fully saturated rings. The summed E-state index contributed by atoms with van der Waals surface area (Å²) in [5.41, 5.74) is 2.92. The summed E-state index contributed by atoms with van der Waals surface area (Å²) < 4.78 is 0. The Balaban J connectivity index is 1.74. The molecule has 1 aromatic rings. The van der Waals surface area contributed by atoms with Crippen molar-refractivity contribution in [2.45, 2.75) is 39.9 Å². The van der Waals surface area contributed by atoms with Crippen LogP contribution in [0.25, 0.3) is 0 Å². The van der Waals surface area contributed by atoms with Crippen molar-refractivity contribution in [2.75, 3.05) is 18.5 Å². The van der Waals surface area contributed by atoms with Gasteiger partial charge in [-0.25, -0.2) is 9.79 Å². The van der Waals surface area contributed by atoms with Gasteiger partial charge >= 0.3 is 6.03 Å². The van der Waals surface area contributed by atoms with Crippen LogP contribution in [0.4, 0.5) is 10.5 Å². The minimum atomic E-state index is -0.545. The van der Waals surface area contributed by atoms with Gasteiger partial charge in [-0.05, 0) is 37.5 Å². The van der Waals surface area contributed by atoms with Crippen molar-refractivity contribution < 1.29 is 9.59 Å². The van der Waals surface area contributed by atoms with Gasteiger partial charge in [0, 0.05) is 30.5 Å². The number of urea groups is 1. The third-order valence-corrected chi connectivity index (χ3v) is 5.58. The van der Waals surface area contributed by atoms with E-state index in [2.05, 4.69) is 0 Å². The highest BCUT2D eigenvalue weighted by molar-refractivity contribution is 6.31. The Bertz CT molecular complexity index is 925. The number of anilines is 1. The van der Waals surface area contributed by atoms with Crippen molar-refractivity contribution in [2.24, 2.45) is 10.9 Å². The highest BCUT2D eigenvalue weighted by Gasteiger charge is 2.54. The number of rotatable bonds is 3. The summed E-state index contributed by atoms with van der Waals surface area (Å²) in [6.45, 7) is 8.37. The Labute approximate surface area is 169 Å². The van der Waals surface area contributed by atoms with Crippen LogP contribution in [0.3, 0.4) is 0 Å². The number of imide groups is 1. The van der Waals surface area contributed by atoms with Crippen molar-refractivity contribution in [3.05, 3.63) is 40.7 Å². The summed E-state index contributed by atoms with van der Waals surface area (Å²) in [7, 11) is 1.71. The topological polar surface area (TPSA) is 59.5 Å². The quantitative estimate of drug-likeness (QED) is 0.780. The Morgan fingerprint density at radius 2 is 1.93 bits per heavy atom. The van der Waals surface area contributed by atoms with Gasteiger partial charge in [0.15, 0.2) is 12.2 Å². The number of allylic oxidation sites excluding steroid dienone is 1. The van der Waals surface area contributed by atoms with Crippen LogP contribution in [0.15, 0.2) is 35.1 Å². The van der Waals surface area contributed by atoms with Crippen molar-refractivity contribution in [3.8, 4) is 0 Å². The number of guanidine groups is 1. The molecule has 1 saturated heterocycles. The van der Waals surface area contributed by atoms with E-state index in [1.807, 2.05) is 61.9 Å². The molecule has 0 spiro atoms. The third kappa shape index (κ3) is 2.68. The Morgan fingerprint density at radius 3 is 2.61 bits per heavy atom. The lowest BCUT2D eigenvalue weighted by Gasteiger charge is -2.40. The maximum Gasteiger partial charge on any atom is 0.328 e. The Kier molecular flexibility index (Phi) is 4.38.